The maximum Gasteiger partial charge on any atom is 0.00511 e. The minimum Gasteiger partial charge on any atom is -0.316 e. The molecule has 1 aromatic rings. The largest absolute Gasteiger partial charge is 0.316 e. The standard InChI is InChI=1S/C18H28N2/c1-14-4-5-17(15(2)10-14)16-6-9-20(11-16)13-18(3)7-8-19-12-18/h4-5,10,16,19H,6-9,11-13H2,1-3H3. The summed E-state index contributed by atoms with van der Waals surface area (Å²) in [6.07, 6.45) is 2.66. The van der Waals surface area contributed by atoms with E-state index in [0.717, 1.165) is 5.92 Å². The van der Waals surface area contributed by atoms with Crippen LogP contribution in [0.2, 0.25) is 0 Å². The molecule has 1 aromatic carbocycles. The zero-order valence-corrected chi connectivity index (χ0v) is 13.2. The van der Waals surface area contributed by atoms with Gasteiger partial charge in [0.25, 0.3) is 0 Å². The van der Waals surface area contributed by atoms with Crippen molar-refractivity contribution in [2.45, 2.75) is 39.5 Å². The maximum absolute atomic E-state index is 3.52. The van der Waals surface area contributed by atoms with Gasteiger partial charge in [-0.2, -0.15) is 0 Å². The molecular weight excluding hydrogens is 244 g/mol. The average molecular weight is 272 g/mol. The highest BCUT2D eigenvalue weighted by Gasteiger charge is 2.34. The zero-order chi connectivity index (χ0) is 14.2. The van der Waals surface area contributed by atoms with Crippen LogP contribution in [0.5, 0.6) is 0 Å². The molecule has 20 heavy (non-hydrogen) atoms. The van der Waals surface area contributed by atoms with E-state index >= 15 is 0 Å². The molecule has 2 nitrogen and oxygen atoms in total. The SMILES string of the molecule is Cc1ccc(C2CCN(CC3(C)CCNC3)C2)c(C)c1. The molecule has 2 fully saturated rings. The lowest BCUT2D eigenvalue weighted by atomic mass is 9.89. The van der Waals surface area contributed by atoms with Crippen LogP contribution in [0.4, 0.5) is 0 Å². The van der Waals surface area contributed by atoms with E-state index in [-0.39, 0.29) is 0 Å². The number of hydrogen-bond acceptors (Lipinski definition) is 2. The Morgan fingerprint density at radius 1 is 1.35 bits per heavy atom. The number of likely N-dealkylation sites (tertiary alicyclic amines) is 1. The third-order valence-corrected chi connectivity index (χ3v) is 5.20. The van der Waals surface area contributed by atoms with Gasteiger partial charge in [0.1, 0.15) is 0 Å². The van der Waals surface area contributed by atoms with Crippen molar-refractivity contribution in [2.24, 2.45) is 5.41 Å². The summed E-state index contributed by atoms with van der Waals surface area (Å²) in [5, 5.41) is 3.52. The smallest absolute Gasteiger partial charge is 0.00511 e. The van der Waals surface area contributed by atoms with E-state index in [0.29, 0.717) is 5.41 Å². The molecule has 2 atom stereocenters. The Morgan fingerprint density at radius 3 is 2.90 bits per heavy atom. The minimum atomic E-state index is 0.497. The van der Waals surface area contributed by atoms with E-state index in [4.69, 9.17) is 0 Å². The van der Waals surface area contributed by atoms with E-state index in [2.05, 4.69) is 49.2 Å². The molecule has 2 aliphatic rings. The molecule has 110 valence electrons. The summed E-state index contributed by atoms with van der Waals surface area (Å²) >= 11 is 0. The quantitative estimate of drug-likeness (QED) is 0.909. The third-order valence-electron chi connectivity index (χ3n) is 5.20. The maximum atomic E-state index is 3.52. The topological polar surface area (TPSA) is 15.3 Å². The van der Waals surface area contributed by atoms with Gasteiger partial charge in [-0.05, 0) is 62.2 Å². The Morgan fingerprint density at radius 2 is 2.20 bits per heavy atom. The van der Waals surface area contributed by atoms with Crippen LogP contribution in [-0.2, 0) is 0 Å². The molecule has 0 aromatic heterocycles. The van der Waals surface area contributed by atoms with E-state index < -0.39 is 0 Å². The number of hydrogen-bond donors (Lipinski definition) is 1. The number of rotatable bonds is 3. The van der Waals surface area contributed by atoms with Gasteiger partial charge in [-0.3, -0.25) is 0 Å². The summed E-state index contributed by atoms with van der Waals surface area (Å²) in [4.78, 5) is 2.69. The van der Waals surface area contributed by atoms with Crippen LogP contribution in [0.1, 0.15) is 42.4 Å². The molecule has 0 spiro atoms. The normalized spacial score (nSPS) is 31.1. The van der Waals surface area contributed by atoms with Gasteiger partial charge in [-0.1, -0.05) is 30.7 Å². The summed E-state index contributed by atoms with van der Waals surface area (Å²) in [6, 6.07) is 6.96. The van der Waals surface area contributed by atoms with Crippen LogP contribution in [-0.4, -0.2) is 37.6 Å². The fourth-order valence-corrected chi connectivity index (χ4v) is 4.06. The second-order valence-electron chi connectivity index (χ2n) is 7.32. The Labute approximate surface area is 123 Å². The van der Waals surface area contributed by atoms with E-state index in [1.54, 1.807) is 5.56 Å². The fraction of sp³-hybridized carbons (Fsp3) is 0.667. The Kier molecular flexibility index (Phi) is 3.87. The van der Waals surface area contributed by atoms with Gasteiger partial charge in [-0.15, -0.1) is 0 Å². The first-order chi connectivity index (χ1) is 9.56. The Hall–Kier alpha value is -0.860. The highest BCUT2D eigenvalue weighted by Crippen LogP contribution is 2.33. The molecule has 2 unspecified atom stereocenters. The first kappa shape index (κ1) is 14.1. The van der Waals surface area contributed by atoms with Gasteiger partial charge < -0.3 is 10.2 Å². The number of benzene rings is 1. The average Bonchev–Trinajstić information content (AvgIpc) is 2.99. The predicted molar refractivity (Wildman–Crippen MR) is 85.3 cm³/mol. The third kappa shape index (κ3) is 2.91. The molecular formula is C18H28N2. The molecule has 2 saturated heterocycles. The lowest BCUT2D eigenvalue weighted by molar-refractivity contribution is 0.207. The number of nitrogens with zero attached hydrogens (tertiary/aromatic N) is 1. The van der Waals surface area contributed by atoms with Crippen LogP contribution >= 0.6 is 0 Å². The molecule has 0 amide bonds. The highest BCUT2D eigenvalue weighted by atomic mass is 15.2. The second kappa shape index (κ2) is 5.50. The predicted octanol–water partition coefficient (Wildman–Crippen LogP) is 3.09. The summed E-state index contributed by atoms with van der Waals surface area (Å²) in [5.74, 6) is 0.744. The van der Waals surface area contributed by atoms with Crippen LogP contribution < -0.4 is 5.32 Å². The molecule has 0 bridgehead atoms. The van der Waals surface area contributed by atoms with Crippen molar-refractivity contribution in [1.29, 1.82) is 0 Å². The van der Waals surface area contributed by atoms with Gasteiger partial charge in [0.2, 0.25) is 0 Å². The van der Waals surface area contributed by atoms with E-state index in [9.17, 15) is 0 Å². The van der Waals surface area contributed by atoms with Gasteiger partial charge in [0.15, 0.2) is 0 Å². The van der Waals surface area contributed by atoms with Crippen LogP contribution in [0.15, 0.2) is 18.2 Å². The lowest BCUT2D eigenvalue weighted by Gasteiger charge is -2.29. The molecule has 2 heterocycles. The molecule has 0 radical (unpaired) electrons. The number of nitrogens with one attached hydrogen (secondary N) is 1. The van der Waals surface area contributed by atoms with E-state index in [1.165, 1.54) is 56.7 Å². The van der Waals surface area contributed by atoms with Crippen molar-refractivity contribution in [2.75, 3.05) is 32.7 Å². The molecule has 2 aliphatic heterocycles. The lowest BCUT2D eigenvalue weighted by Crippen LogP contribution is -2.36. The monoisotopic (exact) mass is 272 g/mol. The minimum absolute atomic E-state index is 0.497. The van der Waals surface area contributed by atoms with Crippen molar-refractivity contribution in [3.8, 4) is 0 Å². The van der Waals surface area contributed by atoms with Gasteiger partial charge in [0, 0.05) is 19.6 Å². The van der Waals surface area contributed by atoms with Crippen molar-refractivity contribution < 1.29 is 0 Å². The first-order valence-corrected chi connectivity index (χ1v) is 8.06. The molecule has 0 aliphatic carbocycles. The first-order valence-electron chi connectivity index (χ1n) is 8.06. The van der Waals surface area contributed by atoms with Gasteiger partial charge >= 0.3 is 0 Å². The summed E-state index contributed by atoms with van der Waals surface area (Å²) in [6.45, 7) is 13.1. The number of aryl methyl sites for hydroxylation is 2. The Balaban J connectivity index is 1.64. The van der Waals surface area contributed by atoms with E-state index in [1.807, 2.05) is 0 Å². The fourth-order valence-electron chi connectivity index (χ4n) is 4.06. The van der Waals surface area contributed by atoms with Crippen molar-refractivity contribution in [3.63, 3.8) is 0 Å². The van der Waals surface area contributed by atoms with Gasteiger partial charge in [-0.25, -0.2) is 0 Å². The second-order valence-corrected chi connectivity index (χ2v) is 7.32. The van der Waals surface area contributed by atoms with Crippen molar-refractivity contribution in [1.82, 2.24) is 10.2 Å². The van der Waals surface area contributed by atoms with Crippen LogP contribution in [0.3, 0.4) is 0 Å². The Bertz CT molecular complexity index is 474. The molecule has 1 N–H and O–H groups in total. The highest BCUT2D eigenvalue weighted by molar-refractivity contribution is 5.33. The van der Waals surface area contributed by atoms with Gasteiger partial charge in [0.05, 0.1) is 0 Å². The van der Waals surface area contributed by atoms with Crippen LogP contribution in [0, 0.1) is 19.3 Å². The zero-order valence-electron chi connectivity index (χ0n) is 13.2. The molecule has 2 heteroatoms. The van der Waals surface area contributed by atoms with Crippen LogP contribution in [0.25, 0.3) is 0 Å². The summed E-state index contributed by atoms with van der Waals surface area (Å²) in [7, 11) is 0. The molecule has 3 rings (SSSR count). The summed E-state index contributed by atoms with van der Waals surface area (Å²) < 4.78 is 0. The summed E-state index contributed by atoms with van der Waals surface area (Å²) in [5.41, 5.74) is 4.93. The van der Waals surface area contributed by atoms with Crippen molar-refractivity contribution >= 4 is 0 Å². The molecule has 0 saturated carbocycles. The van der Waals surface area contributed by atoms with Crippen molar-refractivity contribution in [3.05, 3.63) is 34.9 Å².